The Morgan fingerprint density at radius 1 is 1.33 bits per heavy atom. The minimum Gasteiger partial charge on any atom is -0.368 e. The van der Waals surface area contributed by atoms with Gasteiger partial charge in [-0.05, 0) is 12.1 Å². The molecule has 80 valence electrons. The Hall–Kier alpha value is -1.26. The summed E-state index contributed by atoms with van der Waals surface area (Å²) in [5, 5.41) is 2.74. The highest BCUT2D eigenvalue weighted by molar-refractivity contribution is 6.43. The standard InChI is InChI=1S/C9H8Cl2N2O2/c10-6-3-1-2-5(8(6)11)9(15)13-4-7(12)14/h1-3H,4H2,(H2,12,14)(H,13,15). The Balaban J connectivity index is 2.82. The lowest BCUT2D eigenvalue weighted by Crippen LogP contribution is -2.33. The molecule has 0 aliphatic rings. The lowest BCUT2D eigenvalue weighted by atomic mass is 10.2. The number of halogens is 2. The second-order valence-corrected chi connectivity index (χ2v) is 3.54. The van der Waals surface area contributed by atoms with Crippen LogP contribution >= 0.6 is 23.2 Å². The molecule has 3 N–H and O–H groups in total. The van der Waals surface area contributed by atoms with Gasteiger partial charge in [0.05, 0.1) is 22.2 Å². The van der Waals surface area contributed by atoms with Gasteiger partial charge in [-0.2, -0.15) is 0 Å². The lowest BCUT2D eigenvalue weighted by molar-refractivity contribution is -0.117. The number of hydrogen-bond acceptors (Lipinski definition) is 2. The Labute approximate surface area is 96.3 Å². The van der Waals surface area contributed by atoms with Gasteiger partial charge in [0.1, 0.15) is 0 Å². The van der Waals surface area contributed by atoms with Crippen LogP contribution in [0.1, 0.15) is 10.4 Å². The summed E-state index contributed by atoms with van der Waals surface area (Å²) in [6.07, 6.45) is 0. The smallest absolute Gasteiger partial charge is 0.253 e. The molecule has 0 aromatic heterocycles. The average molecular weight is 247 g/mol. The van der Waals surface area contributed by atoms with E-state index in [1.54, 1.807) is 12.1 Å². The molecular weight excluding hydrogens is 239 g/mol. The van der Waals surface area contributed by atoms with Crippen molar-refractivity contribution in [2.45, 2.75) is 0 Å². The van der Waals surface area contributed by atoms with E-state index in [9.17, 15) is 9.59 Å². The first kappa shape index (κ1) is 11.8. The van der Waals surface area contributed by atoms with Crippen LogP contribution in [-0.4, -0.2) is 18.4 Å². The first-order chi connectivity index (χ1) is 7.02. The number of carbonyl (C=O) groups is 2. The number of benzene rings is 1. The van der Waals surface area contributed by atoms with E-state index in [-0.39, 0.29) is 22.2 Å². The SMILES string of the molecule is NC(=O)CNC(=O)c1cccc(Cl)c1Cl. The third kappa shape index (κ3) is 3.11. The zero-order valence-corrected chi connectivity index (χ0v) is 9.10. The van der Waals surface area contributed by atoms with Crippen molar-refractivity contribution in [2.24, 2.45) is 5.73 Å². The van der Waals surface area contributed by atoms with E-state index < -0.39 is 11.8 Å². The number of nitrogens with two attached hydrogens (primary N) is 1. The average Bonchev–Trinajstić information content (AvgIpc) is 2.18. The normalized spacial score (nSPS) is 9.73. The summed E-state index contributed by atoms with van der Waals surface area (Å²) >= 11 is 11.5. The monoisotopic (exact) mass is 246 g/mol. The van der Waals surface area contributed by atoms with Gasteiger partial charge in [-0.25, -0.2) is 0 Å². The molecule has 0 bridgehead atoms. The largest absolute Gasteiger partial charge is 0.368 e. The molecule has 6 heteroatoms. The molecule has 0 fully saturated rings. The van der Waals surface area contributed by atoms with Crippen molar-refractivity contribution < 1.29 is 9.59 Å². The van der Waals surface area contributed by atoms with Crippen LogP contribution in [0.15, 0.2) is 18.2 Å². The Morgan fingerprint density at radius 3 is 2.60 bits per heavy atom. The summed E-state index contributed by atoms with van der Waals surface area (Å²) in [5.41, 5.74) is 5.09. The van der Waals surface area contributed by atoms with Crippen molar-refractivity contribution in [1.82, 2.24) is 5.32 Å². The summed E-state index contributed by atoms with van der Waals surface area (Å²) < 4.78 is 0. The van der Waals surface area contributed by atoms with Gasteiger partial charge in [-0.1, -0.05) is 29.3 Å². The number of carbonyl (C=O) groups excluding carboxylic acids is 2. The fourth-order valence-corrected chi connectivity index (χ4v) is 1.33. The van der Waals surface area contributed by atoms with E-state index in [1.807, 2.05) is 0 Å². The molecule has 4 nitrogen and oxygen atoms in total. The molecule has 2 amide bonds. The summed E-state index contributed by atoms with van der Waals surface area (Å²) in [4.78, 5) is 21.9. The highest BCUT2D eigenvalue weighted by Crippen LogP contribution is 2.25. The minimum atomic E-state index is -0.624. The summed E-state index contributed by atoms with van der Waals surface area (Å²) in [6.45, 7) is -0.234. The third-order valence-corrected chi connectivity index (χ3v) is 2.44. The molecule has 1 rings (SSSR count). The summed E-state index contributed by atoms with van der Waals surface area (Å²) in [5.74, 6) is -1.11. The highest BCUT2D eigenvalue weighted by atomic mass is 35.5. The van der Waals surface area contributed by atoms with Gasteiger partial charge in [-0.3, -0.25) is 9.59 Å². The van der Waals surface area contributed by atoms with Crippen molar-refractivity contribution in [3.05, 3.63) is 33.8 Å². The zero-order chi connectivity index (χ0) is 11.4. The molecule has 0 saturated carbocycles. The van der Waals surface area contributed by atoms with E-state index in [0.29, 0.717) is 0 Å². The maximum Gasteiger partial charge on any atom is 0.253 e. The van der Waals surface area contributed by atoms with Crippen LogP contribution in [0.3, 0.4) is 0 Å². The molecule has 0 unspecified atom stereocenters. The van der Waals surface area contributed by atoms with Gasteiger partial charge < -0.3 is 11.1 Å². The second-order valence-electron chi connectivity index (χ2n) is 2.75. The quantitative estimate of drug-likeness (QED) is 0.842. The molecule has 0 saturated heterocycles. The number of nitrogens with one attached hydrogen (secondary N) is 1. The van der Waals surface area contributed by atoms with Crippen molar-refractivity contribution in [2.75, 3.05) is 6.54 Å². The van der Waals surface area contributed by atoms with Gasteiger partial charge in [0.25, 0.3) is 5.91 Å². The van der Waals surface area contributed by atoms with Gasteiger partial charge >= 0.3 is 0 Å². The first-order valence-corrected chi connectivity index (χ1v) is 4.78. The number of amides is 2. The Bertz CT molecular complexity index is 407. The van der Waals surface area contributed by atoms with Crippen LogP contribution in [0.2, 0.25) is 10.0 Å². The van der Waals surface area contributed by atoms with E-state index in [1.165, 1.54) is 6.07 Å². The predicted octanol–water partition coefficient (Wildman–Crippen LogP) is 1.21. The molecule has 1 aromatic rings. The highest BCUT2D eigenvalue weighted by Gasteiger charge is 2.12. The van der Waals surface area contributed by atoms with Crippen molar-refractivity contribution in [3.8, 4) is 0 Å². The maximum absolute atomic E-state index is 11.5. The summed E-state index contributed by atoms with van der Waals surface area (Å²) in [6, 6.07) is 4.66. The van der Waals surface area contributed by atoms with Gasteiger partial charge in [0.15, 0.2) is 0 Å². The van der Waals surface area contributed by atoms with Crippen molar-refractivity contribution >= 4 is 35.0 Å². The Morgan fingerprint density at radius 2 is 2.00 bits per heavy atom. The van der Waals surface area contributed by atoms with Crippen LogP contribution in [0.25, 0.3) is 0 Å². The van der Waals surface area contributed by atoms with E-state index in [0.717, 1.165) is 0 Å². The van der Waals surface area contributed by atoms with Crippen molar-refractivity contribution in [1.29, 1.82) is 0 Å². The van der Waals surface area contributed by atoms with Crippen molar-refractivity contribution in [3.63, 3.8) is 0 Å². The fraction of sp³-hybridized carbons (Fsp3) is 0.111. The molecule has 0 aliphatic heterocycles. The van der Waals surface area contributed by atoms with Crippen LogP contribution in [-0.2, 0) is 4.79 Å². The topological polar surface area (TPSA) is 72.2 Å². The fourth-order valence-electron chi connectivity index (χ4n) is 0.942. The van der Waals surface area contributed by atoms with Crippen LogP contribution in [0.5, 0.6) is 0 Å². The molecule has 15 heavy (non-hydrogen) atoms. The van der Waals surface area contributed by atoms with Gasteiger partial charge in [-0.15, -0.1) is 0 Å². The van der Waals surface area contributed by atoms with E-state index >= 15 is 0 Å². The molecule has 1 aromatic carbocycles. The molecule has 0 atom stereocenters. The Kier molecular flexibility index (Phi) is 3.94. The van der Waals surface area contributed by atoms with Crippen LogP contribution < -0.4 is 11.1 Å². The van der Waals surface area contributed by atoms with Gasteiger partial charge in [0, 0.05) is 0 Å². The molecule has 0 aliphatic carbocycles. The van der Waals surface area contributed by atoms with Crippen LogP contribution in [0.4, 0.5) is 0 Å². The van der Waals surface area contributed by atoms with Gasteiger partial charge in [0.2, 0.25) is 5.91 Å². The number of rotatable bonds is 3. The summed E-state index contributed by atoms with van der Waals surface area (Å²) in [7, 11) is 0. The van der Waals surface area contributed by atoms with Crippen LogP contribution in [0, 0.1) is 0 Å². The lowest BCUT2D eigenvalue weighted by Gasteiger charge is -2.05. The third-order valence-electron chi connectivity index (χ3n) is 1.62. The second kappa shape index (κ2) is 5.00. The number of primary amides is 1. The molecule has 0 radical (unpaired) electrons. The molecule has 0 spiro atoms. The van der Waals surface area contributed by atoms with E-state index in [4.69, 9.17) is 28.9 Å². The maximum atomic E-state index is 11.5. The molecule has 0 heterocycles. The zero-order valence-electron chi connectivity index (χ0n) is 7.59. The molecular formula is C9H8Cl2N2O2. The predicted molar refractivity (Wildman–Crippen MR) is 58.0 cm³/mol. The first-order valence-electron chi connectivity index (χ1n) is 4.03. The minimum absolute atomic E-state index is 0.154. The van der Waals surface area contributed by atoms with E-state index in [2.05, 4.69) is 5.32 Å². The number of hydrogen-bond donors (Lipinski definition) is 2.